The third-order valence-corrected chi connectivity index (χ3v) is 3.12. The first-order chi connectivity index (χ1) is 7.18. The molecule has 1 fully saturated rings. The Hall–Kier alpha value is -1.16. The van der Waals surface area contributed by atoms with Crippen molar-refractivity contribution in [2.24, 2.45) is 0 Å². The predicted octanol–water partition coefficient (Wildman–Crippen LogP) is 0.892. The molecule has 1 atom stereocenters. The Morgan fingerprint density at radius 1 is 1.40 bits per heavy atom. The molecule has 4 heteroatoms. The van der Waals surface area contributed by atoms with Gasteiger partial charge in [0, 0.05) is 19.6 Å². The summed E-state index contributed by atoms with van der Waals surface area (Å²) < 4.78 is 0. The molecular weight excluding hydrogens is 188 g/mol. The SMILES string of the molecule is Cc1ncc(N(C)C2CCNC2)nc1C. The summed E-state index contributed by atoms with van der Waals surface area (Å²) in [4.78, 5) is 11.1. The maximum atomic E-state index is 4.55. The topological polar surface area (TPSA) is 41.1 Å². The molecule has 2 heterocycles. The van der Waals surface area contributed by atoms with Gasteiger partial charge in [0.05, 0.1) is 17.6 Å². The van der Waals surface area contributed by atoms with E-state index in [4.69, 9.17) is 0 Å². The van der Waals surface area contributed by atoms with Gasteiger partial charge >= 0.3 is 0 Å². The number of hydrogen-bond acceptors (Lipinski definition) is 4. The van der Waals surface area contributed by atoms with E-state index < -0.39 is 0 Å². The van der Waals surface area contributed by atoms with Crippen molar-refractivity contribution in [2.45, 2.75) is 26.3 Å². The largest absolute Gasteiger partial charge is 0.354 e. The van der Waals surface area contributed by atoms with Crippen LogP contribution < -0.4 is 10.2 Å². The summed E-state index contributed by atoms with van der Waals surface area (Å²) in [5.41, 5.74) is 2.03. The van der Waals surface area contributed by atoms with Crippen molar-refractivity contribution >= 4 is 5.82 Å². The van der Waals surface area contributed by atoms with E-state index in [2.05, 4.69) is 27.2 Å². The number of anilines is 1. The number of aromatic nitrogens is 2. The molecule has 1 unspecified atom stereocenters. The second-order valence-corrected chi connectivity index (χ2v) is 4.16. The number of hydrogen-bond donors (Lipinski definition) is 1. The van der Waals surface area contributed by atoms with Crippen molar-refractivity contribution in [3.8, 4) is 0 Å². The van der Waals surface area contributed by atoms with E-state index in [9.17, 15) is 0 Å². The highest BCUT2D eigenvalue weighted by Crippen LogP contribution is 2.16. The molecule has 15 heavy (non-hydrogen) atoms. The minimum atomic E-state index is 0.557. The molecule has 1 aliphatic rings. The molecule has 4 nitrogen and oxygen atoms in total. The van der Waals surface area contributed by atoms with Crippen LogP contribution in [0.1, 0.15) is 17.8 Å². The highest BCUT2D eigenvalue weighted by atomic mass is 15.2. The van der Waals surface area contributed by atoms with Gasteiger partial charge in [-0.05, 0) is 26.8 Å². The number of likely N-dealkylation sites (N-methyl/N-ethyl adjacent to an activating group) is 1. The monoisotopic (exact) mass is 206 g/mol. The van der Waals surface area contributed by atoms with Crippen LogP contribution in [0.4, 0.5) is 5.82 Å². The number of rotatable bonds is 2. The first-order valence-corrected chi connectivity index (χ1v) is 5.42. The summed E-state index contributed by atoms with van der Waals surface area (Å²) in [7, 11) is 2.09. The van der Waals surface area contributed by atoms with E-state index in [1.807, 2.05) is 20.0 Å². The van der Waals surface area contributed by atoms with E-state index in [-0.39, 0.29) is 0 Å². The lowest BCUT2D eigenvalue weighted by atomic mass is 10.2. The number of aryl methyl sites for hydroxylation is 2. The summed E-state index contributed by atoms with van der Waals surface area (Å²) in [6, 6.07) is 0.557. The molecular formula is C11H18N4. The standard InChI is InChI=1S/C11H18N4/c1-8-9(2)14-11(7-13-8)15(3)10-4-5-12-6-10/h7,10,12H,4-6H2,1-3H3. The number of nitrogens with one attached hydrogen (secondary N) is 1. The highest BCUT2D eigenvalue weighted by Gasteiger charge is 2.20. The minimum Gasteiger partial charge on any atom is -0.354 e. The Kier molecular flexibility index (Phi) is 2.86. The van der Waals surface area contributed by atoms with Crippen LogP contribution in [0.25, 0.3) is 0 Å². The molecule has 1 N–H and O–H groups in total. The molecule has 0 spiro atoms. The summed E-state index contributed by atoms with van der Waals surface area (Å²) in [6.07, 6.45) is 3.05. The minimum absolute atomic E-state index is 0.557. The van der Waals surface area contributed by atoms with E-state index in [1.165, 1.54) is 6.42 Å². The third-order valence-electron chi connectivity index (χ3n) is 3.12. The average molecular weight is 206 g/mol. The fourth-order valence-corrected chi connectivity index (χ4v) is 1.86. The van der Waals surface area contributed by atoms with Crippen LogP contribution in [0.15, 0.2) is 6.20 Å². The maximum absolute atomic E-state index is 4.55. The van der Waals surface area contributed by atoms with Gasteiger partial charge in [0.15, 0.2) is 0 Å². The molecule has 1 saturated heterocycles. The zero-order valence-corrected chi connectivity index (χ0v) is 9.62. The van der Waals surface area contributed by atoms with Crippen LogP contribution in [0.3, 0.4) is 0 Å². The zero-order valence-electron chi connectivity index (χ0n) is 9.62. The van der Waals surface area contributed by atoms with Crippen LogP contribution in [0, 0.1) is 13.8 Å². The molecule has 82 valence electrons. The molecule has 1 aromatic rings. The Bertz CT molecular complexity index is 344. The Morgan fingerprint density at radius 2 is 2.20 bits per heavy atom. The van der Waals surface area contributed by atoms with Crippen molar-refractivity contribution < 1.29 is 0 Å². The van der Waals surface area contributed by atoms with Gasteiger partial charge in [-0.1, -0.05) is 0 Å². The molecule has 0 aliphatic carbocycles. The Balaban J connectivity index is 2.17. The summed E-state index contributed by atoms with van der Waals surface area (Å²) in [6.45, 7) is 6.15. The second-order valence-electron chi connectivity index (χ2n) is 4.16. The quantitative estimate of drug-likeness (QED) is 0.780. The first-order valence-electron chi connectivity index (χ1n) is 5.42. The lowest BCUT2D eigenvalue weighted by Crippen LogP contribution is -2.34. The van der Waals surface area contributed by atoms with Gasteiger partial charge < -0.3 is 10.2 Å². The molecule has 0 radical (unpaired) electrons. The van der Waals surface area contributed by atoms with Gasteiger partial charge in [0.25, 0.3) is 0 Å². The lowest BCUT2D eigenvalue weighted by Gasteiger charge is -2.24. The van der Waals surface area contributed by atoms with Gasteiger partial charge in [0.2, 0.25) is 0 Å². The molecule has 2 rings (SSSR count). The van der Waals surface area contributed by atoms with Crippen LogP contribution in [0.5, 0.6) is 0 Å². The van der Waals surface area contributed by atoms with Crippen molar-refractivity contribution in [3.05, 3.63) is 17.6 Å². The molecule has 0 bridgehead atoms. The van der Waals surface area contributed by atoms with Crippen LogP contribution in [-0.2, 0) is 0 Å². The second kappa shape index (κ2) is 4.14. The Labute approximate surface area is 90.7 Å². The van der Waals surface area contributed by atoms with E-state index in [0.29, 0.717) is 6.04 Å². The highest BCUT2D eigenvalue weighted by molar-refractivity contribution is 5.38. The normalized spacial score (nSPS) is 20.6. The van der Waals surface area contributed by atoms with Crippen molar-refractivity contribution in [1.29, 1.82) is 0 Å². The van der Waals surface area contributed by atoms with Gasteiger partial charge in [-0.15, -0.1) is 0 Å². The van der Waals surface area contributed by atoms with Crippen molar-refractivity contribution in [1.82, 2.24) is 15.3 Å². The fraction of sp³-hybridized carbons (Fsp3) is 0.636. The fourth-order valence-electron chi connectivity index (χ4n) is 1.86. The third kappa shape index (κ3) is 2.09. The van der Waals surface area contributed by atoms with Gasteiger partial charge in [-0.25, -0.2) is 4.98 Å². The van der Waals surface area contributed by atoms with Gasteiger partial charge in [0.1, 0.15) is 5.82 Å². The Morgan fingerprint density at radius 3 is 2.80 bits per heavy atom. The zero-order chi connectivity index (χ0) is 10.8. The van der Waals surface area contributed by atoms with Gasteiger partial charge in [-0.3, -0.25) is 4.98 Å². The van der Waals surface area contributed by atoms with Crippen LogP contribution >= 0.6 is 0 Å². The van der Waals surface area contributed by atoms with E-state index >= 15 is 0 Å². The lowest BCUT2D eigenvalue weighted by molar-refractivity contribution is 0.674. The summed E-state index contributed by atoms with van der Waals surface area (Å²) in [5.74, 6) is 0.979. The van der Waals surface area contributed by atoms with Crippen molar-refractivity contribution in [3.63, 3.8) is 0 Å². The average Bonchev–Trinajstić information content (AvgIpc) is 2.74. The number of nitrogens with zero attached hydrogens (tertiary/aromatic N) is 3. The van der Waals surface area contributed by atoms with E-state index in [0.717, 1.165) is 30.3 Å². The van der Waals surface area contributed by atoms with Crippen LogP contribution in [-0.4, -0.2) is 36.1 Å². The molecule has 1 aliphatic heterocycles. The smallest absolute Gasteiger partial charge is 0.147 e. The van der Waals surface area contributed by atoms with Crippen molar-refractivity contribution in [2.75, 3.05) is 25.0 Å². The predicted molar refractivity (Wildman–Crippen MR) is 61.2 cm³/mol. The van der Waals surface area contributed by atoms with Gasteiger partial charge in [-0.2, -0.15) is 0 Å². The summed E-state index contributed by atoms with van der Waals surface area (Å²) in [5, 5.41) is 3.36. The first kappa shape index (κ1) is 10.4. The molecule has 1 aromatic heterocycles. The summed E-state index contributed by atoms with van der Waals surface area (Å²) >= 11 is 0. The molecule has 0 saturated carbocycles. The van der Waals surface area contributed by atoms with Crippen LogP contribution in [0.2, 0.25) is 0 Å². The molecule has 0 amide bonds. The van der Waals surface area contributed by atoms with E-state index in [1.54, 1.807) is 0 Å². The maximum Gasteiger partial charge on any atom is 0.147 e. The molecule has 0 aromatic carbocycles.